The van der Waals surface area contributed by atoms with Gasteiger partial charge in [-0.25, -0.2) is 14.4 Å². The van der Waals surface area contributed by atoms with Crippen molar-refractivity contribution < 1.29 is 78.7 Å². The monoisotopic (exact) mass is 1670 g/mol. The second-order valence-corrected chi connectivity index (χ2v) is 30.2. The van der Waals surface area contributed by atoms with Crippen molar-refractivity contribution in [3.05, 3.63) is 199 Å². The van der Waals surface area contributed by atoms with E-state index in [0.717, 1.165) is 45.4 Å². The Morgan fingerprint density at radius 1 is 0.333 bits per heavy atom. The van der Waals surface area contributed by atoms with Crippen LogP contribution in [0.25, 0.3) is 0 Å². The summed E-state index contributed by atoms with van der Waals surface area (Å²) in [5.41, 5.74) is 2.69. The fourth-order valence-corrected chi connectivity index (χ4v) is 15.1. The highest BCUT2D eigenvalue weighted by Gasteiger charge is 2.53. The van der Waals surface area contributed by atoms with E-state index >= 15 is 0 Å². The molecular weight excluding hydrogens is 1520 g/mol. The number of rotatable bonds is 48. The molecule has 26 heteroatoms. The number of nitrogens with one attached hydrogen (secondary N) is 5. The predicted molar refractivity (Wildman–Crippen MR) is 480 cm³/mol. The summed E-state index contributed by atoms with van der Waals surface area (Å²) in [6, 6.07) is 59.3. The van der Waals surface area contributed by atoms with E-state index in [1.807, 2.05) is 180 Å². The zero-order chi connectivity index (χ0) is 85.9. The highest BCUT2D eigenvalue weighted by atomic mass is 16.6. The van der Waals surface area contributed by atoms with Gasteiger partial charge in [0.25, 0.3) is 0 Å². The summed E-state index contributed by atoms with van der Waals surface area (Å²) < 4.78 is 33.7. The van der Waals surface area contributed by atoms with Crippen molar-refractivity contribution in [3.8, 4) is 0 Å². The van der Waals surface area contributed by atoms with Gasteiger partial charge in [0.05, 0.1) is 59.5 Å². The molecule has 0 saturated carbocycles. The number of hydrogen-bond acceptors (Lipinski definition) is 20. The van der Waals surface area contributed by atoms with Crippen LogP contribution in [0.4, 0.5) is 17.1 Å². The average molecular weight is 1670 g/mol. The first kappa shape index (κ1) is 97.4. The molecule has 6 aromatic carbocycles. The molecule has 0 spiro atoms. The van der Waals surface area contributed by atoms with Crippen molar-refractivity contribution in [1.29, 1.82) is 0 Å². The number of ether oxygens (including phenoxy) is 6. The number of amides is 6. The summed E-state index contributed by atoms with van der Waals surface area (Å²) in [7, 11) is 5.30. The number of anilines is 3. The molecule has 3 aliphatic rings. The summed E-state index contributed by atoms with van der Waals surface area (Å²) in [5.74, 6) is -1.79. The van der Waals surface area contributed by atoms with Crippen LogP contribution in [0.15, 0.2) is 182 Å². The lowest BCUT2D eigenvalue weighted by molar-refractivity contribution is -0.154. The average Bonchev–Trinajstić information content (AvgIpc) is 0.772. The van der Waals surface area contributed by atoms with Gasteiger partial charge >= 0.3 is 17.9 Å². The summed E-state index contributed by atoms with van der Waals surface area (Å²) in [4.78, 5) is 129. The number of para-hydroxylation sites is 3. The second-order valence-electron chi connectivity index (χ2n) is 30.2. The van der Waals surface area contributed by atoms with E-state index in [1.165, 1.54) is 16.7 Å². The molecular formula is C94H143N11O15. The lowest BCUT2D eigenvalue weighted by atomic mass is 9.84. The van der Waals surface area contributed by atoms with Crippen LogP contribution in [0.2, 0.25) is 0 Å². The standard InChI is InChI=1S/C36H54N4O7.C30H42N4O4.C28H37N3O4.5H2/c1-3-34(42)40(32-13-8-5-9-14-32)36(17-22-39(23-18-36)21-16-31-11-6-4-7-12-31)35(43)47-24-10-15-33(41)38-20-26-45-28-30-46-29-27-44-25-19-37-2;1-3-28(36)34(26-13-8-5-9-14-26)30(29(37)38-24-10-15-27(35)32-20-19-31-2)17-22-33(23-18-30)21-16-25-11-6-4-7-12-25;1-3-26(33)31(24-13-8-5-9-14-24)28(27(34)35-22-10-15-25(32)29-2)17-20-30(21-18-28)19-16-23-11-6-4-7-12-23;;;;;/h4-9,11-14,37H,3,10,15-30H2,1-2H3,(H,38,41);4-9,11-14,31H,3,10,15-24H2,1-2H3,(H,32,35);4-9,11-14H,3,10,15-22H2,1-2H3,(H,29,32);5*1H. The fraction of sp³-hybridized carbons (Fsp3) is 0.521. The molecule has 120 heavy (non-hydrogen) atoms. The Labute approximate surface area is 719 Å². The minimum atomic E-state index is -1.11. The molecule has 3 fully saturated rings. The van der Waals surface area contributed by atoms with Gasteiger partial charge in [0.1, 0.15) is 16.6 Å². The molecule has 3 aliphatic heterocycles. The van der Waals surface area contributed by atoms with E-state index in [4.69, 9.17) is 28.4 Å². The number of likely N-dealkylation sites (tertiary alicyclic amines) is 3. The van der Waals surface area contributed by atoms with Crippen LogP contribution in [-0.2, 0) is 90.8 Å². The molecule has 3 saturated heterocycles. The van der Waals surface area contributed by atoms with Gasteiger partial charge in [-0.05, 0) is 144 Å². The van der Waals surface area contributed by atoms with Crippen molar-refractivity contribution >= 4 is 70.4 Å². The van der Waals surface area contributed by atoms with Crippen molar-refractivity contribution in [2.24, 2.45) is 0 Å². The normalized spacial score (nSPS) is 14.8. The molecule has 5 N–H and O–H groups in total. The van der Waals surface area contributed by atoms with E-state index in [9.17, 15) is 43.2 Å². The Morgan fingerprint density at radius 2 is 0.600 bits per heavy atom. The molecule has 0 atom stereocenters. The molecule has 0 bridgehead atoms. The Bertz CT molecular complexity index is 3960. The molecule has 6 aromatic rings. The molecule has 26 nitrogen and oxygen atoms in total. The Hall–Kier alpha value is -9.77. The van der Waals surface area contributed by atoms with Crippen molar-refractivity contribution in [2.75, 3.05) is 180 Å². The van der Waals surface area contributed by atoms with Crippen molar-refractivity contribution in [3.63, 3.8) is 0 Å². The first-order chi connectivity index (χ1) is 58.5. The topological polar surface area (TPSA) is 289 Å². The van der Waals surface area contributed by atoms with Gasteiger partial charge in [0, 0.05) is 155 Å². The third-order valence-corrected chi connectivity index (χ3v) is 22.0. The van der Waals surface area contributed by atoms with Gasteiger partial charge < -0.3 is 69.7 Å². The van der Waals surface area contributed by atoms with Crippen LogP contribution in [0.1, 0.15) is 141 Å². The maximum Gasteiger partial charge on any atom is 0.332 e. The van der Waals surface area contributed by atoms with Crippen LogP contribution in [0.5, 0.6) is 0 Å². The Balaban J connectivity index is 0.000000630. The lowest BCUT2D eigenvalue weighted by Gasteiger charge is -2.46. The van der Waals surface area contributed by atoms with Gasteiger partial charge in [0.15, 0.2) is 0 Å². The highest BCUT2D eigenvalue weighted by Crippen LogP contribution is 2.39. The first-order valence-corrected chi connectivity index (χ1v) is 43.2. The van der Waals surface area contributed by atoms with Crippen molar-refractivity contribution in [1.82, 2.24) is 41.3 Å². The van der Waals surface area contributed by atoms with Gasteiger partial charge in [-0.2, -0.15) is 0 Å². The van der Waals surface area contributed by atoms with E-state index in [2.05, 4.69) is 77.7 Å². The van der Waals surface area contributed by atoms with E-state index in [1.54, 1.807) is 21.7 Å². The number of likely N-dealkylation sites (N-methyl/N-ethyl adjacent to an activating group) is 2. The number of benzene rings is 6. The number of hydrogen-bond donors (Lipinski definition) is 5. The molecule has 0 unspecified atom stereocenters. The quantitative estimate of drug-likeness (QED) is 0.0135. The van der Waals surface area contributed by atoms with Crippen LogP contribution in [0.3, 0.4) is 0 Å². The van der Waals surface area contributed by atoms with E-state index in [0.29, 0.717) is 180 Å². The smallest absolute Gasteiger partial charge is 0.332 e. The van der Waals surface area contributed by atoms with Crippen LogP contribution < -0.4 is 41.3 Å². The summed E-state index contributed by atoms with van der Waals surface area (Å²) in [6.45, 7) is 18.1. The molecule has 0 radical (unpaired) electrons. The number of nitrogens with zero attached hydrogens (tertiary/aromatic N) is 6. The molecule has 3 heterocycles. The Morgan fingerprint density at radius 3 is 0.883 bits per heavy atom. The second kappa shape index (κ2) is 55.2. The van der Waals surface area contributed by atoms with Crippen molar-refractivity contribution in [2.45, 2.75) is 153 Å². The third-order valence-electron chi connectivity index (χ3n) is 22.0. The summed E-state index contributed by atoms with van der Waals surface area (Å²) in [6.07, 6.45) is 8.62. The van der Waals surface area contributed by atoms with Gasteiger partial charge in [-0.15, -0.1) is 0 Å². The first-order valence-electron chi connectivity index (χ1n) is 43.2. The molecule has 664 valence electrons. The van der Waals surface area contributed by atoms with Crippen LogP contribution >= 0.6 is 0 Å². The predicted octanol–water partition coefficient (Wildman–Crippen LogP) is 11.2. The maximum atomic E-state index is 13.9. The minimum Gasteiger partial charge on any atom is -0.464 e. The molecule has 6 amide bonds. The largest absolute Gasteiger partial charge is 0.464 e. The third kappa shape index (κ3) is 32.0. The maximum absolute atomic E-state index is 13.9. The zero-order valence-corrected chi connectivity index (χ0v) is 71.9. The van der Waals surface area contributed by atoms with E-state index in [-0.39, 0.29) is 106 Å². The van der Waals surface area contributed by atoms with Crippen LogP contribution in [-0.4, -0.2) is 250 Å². The number of esters is 3. The van der Waals surface area contributed by atoms with Gasteiger partial charge in [0.2, 0.25) is 35.4 Å². The summed E-state index contributed by atoms with van der Waals surface area (Å²) in [5, 5.41) is 14.2. The number of carbonyl (C=O) groups excluding carboxylic acids is 9. The van der Waals surface area contributed by atoms with Crippen LogP contribution in [0, 0.1) is 0 Å². The van der Waals surface area contributed by atoms with Gasteiger partial charge in [-0.3, -0.25) is 43.5 Å². The summed E-state index contributed by atoms with van der Waals surface area (Å²) >= 11 is 0. The molecule has 9 rings (SSSR count). The number of piperidine rings is 3. The van der Waals surface area contributed by atoms with E-state index < -0.39 is 22.6 Å². The molecule has 0 aliphatic carbocycles. The SMILES string of the molecule is CCC(=O)N(c1ccccc1)C1(C(=O)OCCCC(=O)NC)CCN(CCc2ccccc2)CC1.CCC(=O)N(c1ccccc1)C1(C(=O)OCCCC(=O)NCCNC)CCN(CCc2ccccc2)CC1.CCC(=O)N(c1ccccc1)C1(C(=O)OCCCC(=O)NCCOCCOCCOCCNC)CCN(CCc2ccccc2)CC1.[HH].[HH].[HH].[HH].[HH]. The Kier molecular flexibility index (Phi) is 44.8. The highest BCUT2D eigenvalue weighted by molar-refractivity contribution is 6.04. The fourth-order valence-electron chi connectivity index (χ4n) is 15.1. The number of carbonyl (C=O) groups is 9. The zero-order valence-electron chi connectivity index (χ0n) is 71.9. The molecule has 0 aromatic heterocycles. The van der Waals surface area contributed by atoms with Gasteiger partial charge in [-0.1, -0.05) is 166 Å². The lowest BCUT2D eigenvalue weighted by Crippen LogP contribution is -2.63. The minimum absolute atomic E-state index is 0.